The van der Waals surface area contributed by atoms with Gasteiger partial charge in [0.25, 0.3) is 0 Å². The third kappa shape index (κ3) is 3.27. The summed E-state index contributed by atoms with van der Waals surface area (Å²) in [5, 5.41) is 3.68. The number of rotatable bonds is 4. The topological polar surface area (TPSA) is 39.1 Å². The van der Waals surface area contributed by atoms with Gasteiger partial charge in [0.1, 0.15) is 5.75 Å². The molecule has 0 spiro atoms. The number of nitrogens with one attached hydrogen (secondary N) is 1. The number of nitrogens with zero attached hydrogens (tertiary/aromatic N) is 2. The lowest BCUT2D eigenvalue weighted by molar-refractivity contribution is 0.330. The molecule has 1 N–H and O–H groups in total. The number of aromatic nitrogens is 2. The molecule has 1 aliphatic heterocycles. The lowest BCUT2D eigenvalue weighted by Gasteiger charge is -2.29. The molecule has 21 heavy (non-hydrogen) atoms. The van der Waals surface area contributed by atoms with Crippen LogP contribution in [0, 0.1) is 0 Å². The second-order valence-electron chi connectivity index (χ2n) is 5.85. The van der Waals surface area contributed by atoms with Crippen molar-refractivity contribution in [3.8, 4) is 5.75 Å². The molecule has 0 saturated carbocycles. The van der Waals surface area contributed by atoms with Crippen LogP contribution >= 0.6 is 0 Å². The molecule has 1 aliphatic rings. The van der Waals surface area contributed by atoms with Crippen LogP contribution in [0.2, 0.25) is 0 Å². The van der Waals surface area contributed by atoms with E-state index >= 15 is 0 Å². The predicted octanol–water partition coefficient (Wildman–Crippen LogP) is 3.14. The van der Waals surface area contributed by atoms with Crippen LogP contribution in [0.3, 0.4) is 0 Å². The predicted molar refractivity (Wildman–Crippen MR) is 83.5 cm³/mol. The summed E-state index contributed by atoms with van der Waals surface area (Å²) in [6.45, 7) is 3.09. The molecular weight excluding hydrogens is 262 g/mol. The van der Waals surface area contributed by atoms with Crippen molar-refractivity contribution in [2.24, 2.45) is 0 Å². The molecule has 0 amide bonds. The van der Waals surface area contributed by atoms with E-state index in [1.165, 1.54) is 30.5 Å². The zero-order chi connectivity index (χ0) is 14.7. The first-order valence-corrected chi connectivity index (χ1v) is 7.65. The van der Waals surface area contributed by atoms with Crippen molar-refractivity contribution in [2.45, 2.75) is 44.8 Å². The molecule has 2 atom stereocenters. The van der Waals surface area contributed by atoms with Gasteiger partial charge in [0.05, 0.1) is 19.1 Å². The summed E-state index contributed by atoms with van der Waals surface area (Å²) in [6.07, 6.45) is 7.66. The van der Waals surface area contributed by atoms with Crippen molar-refractivity contribution in [1.82, 2.24) is 14.9 Å². The molecule has 1 fully saturated rings. The van der Waals surface area contributed by atoms with E-state index in [0.29, 0.717) is 12.1 Å². The Kier molecular flexibility index (Phi) is 4.25. The van der Waals surface area contributed by atoms with Gasteiger partial charge in [0.15, 0.2) is 0 Å². The number of ether oxygens (including phenoxy) is 1. The van der Waals surface area contributed by atoms with Crippen LogP contribution in [0.5, 0.6) is 5.75 Å². The normalized spacial score (nSPS) is 22.2. The summed E-state index contributed by atoms with van der Waals surface area (Å²) in [7, 11) is 1.70. The Hall–Kier alpha value is -1.81. The minimum absolute atomic E-state index is 0.418. The summed E-state index contributed by atoms with van der Waals surface area (Å²) >= 11 is 0. The highest BCUT2D eigenvalue weighted by atomic mass is 16.5. The maximum atomic E-state index is 5.30. The van der Waals surface area contributed by atoms with Crippen molar-refractivity contribution in [3.63, 3.8) is 0 Å². The van der Waals surface area contributed by atoms with Gasteiger partial charge in [0, 0.05) is 24.8 Å². The van der Waals surface area contributed by atoms with Gasteiger partial charge in [-0.25, -0.2) is 4.98 Å². The average Bonchev–Trinajstić information content (AvgIpc) is 2.95. The highest BCUT2D eigenvalue weighted by Gasteiger charge is 2.22. The van der Waals surface area contributed by atoms with E-state index < -0.39 is 0 Å². The molecular formula is C17H23N3O. The molecule has 1 saturated heterocycles. The van der Waals surface area contributed by atoms with Gasteiger partial charge in [-0.05, 0) is 43.9 Å². The van der Waals surface area contributed by atoms with Crippen molar-refractivity contribution < 1.29 is 4.74 Å². The van der Waals surface area contributed by atoms with Gasteiger partial charge >= 0.3 is 0 Å². The first kappa shape index (κ1) is 14.1. The second-order valence-corrected chi connectivity index (χ2v) is 5.85. The van der Waals surface area contributed by atoms with Gasteiger partial charge in [-0.1, -0.05) is 12.1 Å². The van der Waals surface area contributed by atoms with E-state index in [1.807, 2.05) is 24.7 Å². The molecule has 4 heteroatoms. The SMILES string of the molecule is COc1cccc(Cn2cncc2C2CCCC(C)N2)c1. The molecule has 112 valence electrons. The fraction of sp³-hybridized carbons (Fsp3) is 0.471. The van der Waals surface area contributed by atoms with Gasteiger partial charge in [0.2, 0.25) is 0 Å². The largest absolute Gasteiger partial charge is 0.497 e. The molecule has 2 unspecified atom stereocenters. The summed E-state index contributed by atoms with van der Waals surface area (Å²) < 4.78 is 7.54. The lowest BCUT2D eigenvalue weighted by Crippen LogP contribution is -2.35. The van der Waals surface area contributed by atoms with Gasteiger partial charge < -0.3 is 14.6 Å². The van der Waals surface area contributed by atoms with Crippen LogP contribution in [0.15, 0.2) is 36.8 Å². The van der Waals surface area contributed by atoms with Crippen molar-refractivity contribution in [2.75, 3.05) is 7.11 Å². The first-order valence-electron chi connectivity index (χ1n) is 7.65. The Morgan fingerprint density at radius 3 is 3.10 bits per heavy atom. The Morgan fingerprint density at radius 1 is 1.38 bits per heavy atom. The van der Waals surface area contributed by atoms with Crippen LogP contribution in [0.4, 0.5) is 0 Å². The Bertz CT molecular complexity index is 593. The zero-order valence-corrected chi connectivity index (χ0v) is 12.7. The molecule has 2 aromatic rings. The van der Waals surface area contributed by atoms with Crippen LogP contribution in [0.25, 0.3) is 0 Å². The number of hydrogen-bond acceptors (Lipinski definition) is 3. The second kappa shape index (κ2) is 6.31. The van der Waals surface area contributed by atoms with E-state index in [9.17, 15) is 0 Å². The highest BCUT2D eigenvalue weighted by molar-refractivity contribution is 5.29. The molecule has 1 aromatic heterocycles. The zero-order valence-electron chi connectivity index (χ0n) is 12.7. The van der Waals surface area contributed by atoms with E-state index in [-0.39, 0.29) is 0 Å². The summed E-state index contributed by atoms with van der Waals surface area (Å²) in [4.78, 5) is 4.35. The fourth-order valence-corrected chi connectivity index (χ4v) is 3.09. The van der Waals surface area contributed by atoms with E-state index in [4.69, 9.17) is 4.74 Å². The summed E-state index contributed by atoms with van der Waals surface area (Å²) in [6, 6.07) is 9.23. The van der Waals surface area contributed by atoms with Crippen LogP contribution in [-0.4, -0.2) is 22.7 Å². The average molecular weight is 285 g/mol. The number of piperidine rings is 1. The highest BCUT2D eigenvalue weighted by Crippen LogP contribution is 2.26. The quantitative estimate of drug-likeness (QED) is 0.938. The molecule has 2 heterocycles. The number of methoxy groups -OCH3 is 1. The lowest BCUT2D eigenvalue weighted by atomic mass is 9.97. The smallest absolute Gasteiger partial charge is 0.119 e. The molecule has 4 nitrogen and oxygen atoms in total. The minimum atomic E-state index is 0.418. The maximum Gasteiger partial charge on any atom is 0.119 e. The molecule has 1 aromatic carbocycles. The Balaban J connectivity index is 1.78. The van der Waals surface area contributed by atoms with E-state index in [1.54, 1.807) is 7.11 Å². The molecule has 0 radical (unpaired) electrons. The van der Waals surface area contributed by atoms with Gasteiger partial charge in [-0.3, -0.25) is 0 Å². The summed E-state index contributed by atoms with van der Waals surface area (Å²) in [5.41, 5.74) is 2.52. The van der Waals surface area contributed by atoms with Crippen LogP contribution in [0.1, 0.15) is 43.5 Å². The fourth-order valence-electron chi connectivity index (χ4n) is 3.09. The van der Waals surface area contributed by atoms with Gasteiger partial charge in [-0.15, -0.1) is 0 Å². The number of imidazole rings is 1. The van der Waals surface area contributed by atoms with Crippen LogP contribution in [-0.2, 0) is 6.54 Å². The molecule has 3 rings (SSSR count). The monoisotopic (exact) mass is 285 g/mol. The van der Waals surface area contributed by atoms with Crippen molar-refractivity contribution >= 4 is 0 Å². The molecule has 0 bridgehead atoms. The van der Waals surface area contributed by atoms with Crippen molar-refractivity contribution in [3.05, 3.63) is 48.0 Å². The Morgan fingerprint density at radius 2 is 2.29 bits per heavy atom. The summed E-state index contributed by atoms with van der Waals surface area (Å²) in [5.74, 6) is 0.901. The third-order valence-corrected chi connectivity index (χ3v) is 4.20. The minimum Gasteiger partial charge on any atom is -0.497 e. The van der Waals surface area contributed by atoms with E-state index in [0.717, 1.165) is 12.3 Å². The third-order valence-electron chi connectivity index (χ3n) is 4.20. The van der Waals surface area contributed by atoms with Crippen molar-refractivity contribution in [1.29, 1.82) is 0 Å². The standard InChI is InChI=1S/C17H23N3O/c1-13-5-3-8-16(19-13)17-10-18-12-20(17)11-14-6-4-7-15(9-14)21-2/h4,6-7,9-10,12-13,16,19H,3,5,8,11H2,1-2H3. The maximum absolute atomic E-state index is 5.30. The number of hydrogen-bond donors (Lipinski definition) is 1. The van der Waals surface area contributed by atoms with Crippen LogP contribution < -0.4 is 10.1 Å². The van der Waals surface area contributed by atoms with E-state index in [2.05, 4.69) is 33.9 Å². The first-order chi connectivity index (χ1) is 10.3. The Labute approximate surface area is 126 Å². The molecule has 0 aliphatic carbocycles. The van der Waals surface area contributed by atoms with Gasteiger partial charge in [-0.2, -0.15) is 0 Å². The number of benzene rings is 1.